The first-order valence-electron chi connectivity index (χ1n) is 5.11. The summed E-state index contributed by atoms with van der Waals surface area (Å²) in [6.45, 7) is 0. The van der Waals surface area contributed by atoms with Gasteiger partial charge in [0.05, 0.1) is 30.3 Å². The summed E-state index contributed by atoms with van der Waals surface area (Å²) in [6.07, 6.45) is 1.62. The summed E-state index contributed by atoms with van der Waals surface area (Å²) in [7, 11) is -1.49. The molecule has 92 valence electrons. The van der Waals surface area contributed by atoms with Gasteiger partial charge >= 0.3 is 0 Å². The highest BCUT2D eigenvalue weighted by Gasteiger charge is 2.21. The van der Waals surface area contributed by atoms with Gasteiger partial charge in [-0.25, -0.2) is 8.42 Å². The zero-order valence-electron chi connectivity index (χ0n) is 9.38. The second-order valence-electron chi connectivity index (χ2n) is 3.86. The number of nitrogens with one attached hydrogen (secondary N) is 1. The Bertz CT molecular complexity index is 552. The van der Waals surface area contributed by atoms with Crippen molar-refractivity contribution in [3.63, 3.8) is 0 Å². The van der Waals surface area contributed by atoms with Crippen molar-refractivity contribution in [3.05, 3.63) is 29.7 Å². The molecule has 0 amide bonds. The summed E-state index contributed by atoms with van der Waals surface area (Å²) in [4.78, 5) is 0. The summed E-state index contributed by atoms with van der Waals surface area (Å²) >= 11 is 0. The number of nitrogen functional groups attached to an aromatic ring is 1. The standard InChI is InChI=1S/C11H14N2O3S/c1-16-9-2-3-11(10(12)6-9)13-8-4-5-17(14,15)7-8/h2-6,8,13H,7,12H2,1H3. The molecular formula is C11H14N2O3S. The minimum Gasteiger partial charge on any atom is -0.497 e. The Hall–Kier alpha value is -1.69. The van der Waals surface area contributed by atoms with Gasteiger partial charge in [-0.3, -0.25) is 0 Å². The van der Waals surface area contributed by atoms with Crippen LogP contribution in [0.2, 0.25) is 0 Å². The number of nitrogens with two attached hydrogens (primary N) is 1. The second kappa shape index (κ2) is 4.29. The fourth-order valence-corrected chi connectivity index (χ4v) is 2.90. The van der Waals surface area contributed by atoms with Crippen LogP contribution < -0.4 is 15.8 Å². The van der Waals surface area contributed by atoms with E-state index in [0.29, 0.717) is 17.1 Å². The summed E-state index contributed by atoms with van der Waals surface area (Å²) in [6, 6.07) is 5.00. The number of hydrogen-bond donors (Lipinski definition) is 2. The number of benzene rings is 1. The minimum absolute atomic E-state index is 0.0679. The minimum atomic E-state index is -3.05. The molecule has 1 aromatic carbocycles. The third kappa shape index (κ3) is 2.71. The molecule has 0 spiro atoms. The van der Waals surface area contributed by atoms with Crippen molar-refractivity contribution in [1.82, 2.24) is 0 Å². The van der Waals surface area contributed by atoms with Crippen LogP contribution in [0.1, 0.15) is 0 Å². The molecule has 0 radical (unpaired) electrons. The van der Waals surface area contributed by atoms with E-state index in [1.165, 1.54) is 5.41 Å². The predicted molar refractivity (Wildman–Crippen MR) is 67.7 cm³/mol. The summed E-state index contributed by atoms with van der Waals surface area (Å²) in [5.41, 5.74) is 7.06. The fourth-order valence-electron chi connectivity index (χ4n) is 1.66. The van der Waals surface area contributed by atoms with E-state index in [4.69, 9.17) is 10.5 Å². The van der Waals surface area contributed by atoms with E-state index in [0.717, 1.165) is 0 Å². The molecule has 0 fully saturated rings. The van der Waals surface area contributed by atoms with Crippen LogP contribution in [0.15, 0.2) is 29.7 Å². The molecular weight excluding hydrogens is 240 g/mol. The Morgan fingerprint density at radius 2 is 2.24 bits per heavy atom. The van der Waals surface area contributed by atoms with Crippen LogP contribution >= 0.6 is 0 Å². The van der Waals surface area contributed by atoms with Crippen LogP contribution in [-0.2, 0) is 9.84 Å². The van der Waals surface area contributed by atoms with Crippen molar-refractivity contribution >= 4 is 21.2 Å². The van der Waals surface area contributed by atoms with Gasteiger partial charge in [-0.2, -0.15) is 0 Å². The largest absolute Gasteiger partial charge is 0.497 e. The van der Waals surface area contributed by atoms with Crippen molar-refractivity contribution in [3.8, 4) is 5.75 Å². The van der Waals surface area contributed by atoms with Gasteiger partial charge in [-0.1, -0.05) is 6.08 Å². The quantitative estimate of drug-likeness (QED) is 0.786. The Labute approximate surface area is 100 Å². The van der Waals surface area contributed by atoms with E-state index in [9.17, 15) is 8.42 Å². The SMILES string of the molecule is COc1ccc(NC2C=CS(=O)(=O)C2)c(N)c1. The number of anilines is 2. The molecule has 6 heteroatoms. The molecule has 17 heavy (non-hydrogen) atoms. The Morgan fingerprint density at radius 3 is 2.76 bits per heavy atom. The van der Waals surface area contributed by atoms with Gasteiger partial charge in [0.2, 0.25) is 0 Å². The normalized spacial score (nSPS) is 21.4. The average Bonchev–Trinajstić information content (AvgIpc) is 2.61. The summed E-state index contributed by atoms with van der Waals surface area (Å²) in [5, 5.41) is 4.30. The first kappa shape index (κ1) is 11.8. The molecule has 1 aliphatic heterocycles. The van der Waals surface area contributed by atoms with Crippen molar-refractivity contribution in [1.29, 1.82) is 0 Å². The number of ether oxygens (including phenoxy) is 1. The van der Waals surface area contributed by atoms with E-state index in [-0.39, 0.29) is 11.8 Å². The number of methoxy groups -OCH3 is 1. The summed E-state index contributed by atoms with van der Waals surface area (Å²) in [5.74, 6) is 0.737. The van der Waals surface area contributed by atoms with Crippen LogP contribution in [0.4, 0.5) is 11.4 Å². The maximum absolute atomic E-state index is 11.2. The Balaban J connectivity index is 2.13. The highest BCUT2D eigenvalue weighted by Crippen LogP contribution is 2.25. The smallest absolute Gasteiger partial charge is 0.173 e. The number of sulfone groups is 1. The lowest BCUT2D eigenvalue weighted by atomic mass is 10.2. The lowest BCUT2D eigenvalue weighted by molar-refractivity contribution is 0.415. The molecule has 0 saturated heterocycles. The van der Waals surface area contributed by atoms with Crippen LogP contribution in [0.5, 0.6) is 5.75 Å². The van der Waals surface area contributed by atoms with Gasteiger partial charge in [0.25, 0.3) is 0 Å². The van der Waals surface area contributed by atoms with Crippen molar-refractivity contribution < 1.29 is 13.2 Å². The molecule has 0 aromatic heterocycles. The molecule has 0 aliphatic carbocycles. The number of rotatable bonds is 3. The van der Waals surface area contributed by atoms with Gasteiger partial charge < -0.3 is 15.8 Å². The third-order valence-corrected chi connectivity index (χ3v) is 3.93. The number of hydrogen-bond acceptors (Lipinski definition) is 5. The van der Waals surface area contributed by atoms with E-state index >= 15 is 0 Å². The van der Waals surface area contributed by atoms with Gasteiger partial charge in [0, 0.05) is 11.5 Å². The van der Waals surface area contributed by atoms with E-state index < -0.39 is 9.84 Å². The predicted octanol–water partition coefficient (Wildman–Crippen LogP) is 1.000. The highest BCUT2D eigenvalue weighted by molar-refractivity contribution is 7.94. The molecule has 1 atom stereocenters. The lowest BCUT2D eigenvalue weighted by Crippen LogP contribution is -2.21. The molecule has 5 nitrogen and oxygen atoms in total. The Morgan fingerprint density at radius 1 is 1.47 bits per heavy atom. The molecule has 3 N–H and O–H groups in total. The van der Waals surface area contributed by atoms with E-state index in [1.807, 2.05) is 0 Å². The third-order valence-electron chi connectivity index (χ3n) is 2.53. The first-order chi connectivity index (χ1) is 8.00. The molecule has 1 aliphatic rings. The molecule has 0 saturated carbocycles. The average molecular weight is 254 g/mol. The second-order valence-corrected chi connectivity index (χ2v) is 5.79. The van der Waals surface area contributed by atoms with Crippen LogP contribution in [-0.4, -0.2) is 27.3 Å². The van der Waals surface area contributed by atoms with Gasteiger partial charge in [0.1, 0.15) is 5.75 Å². The van der Waals surface area contributed by atoms with Crippen molar-refractivity contribution in [2.75, 3.05) is 23.9 Å². The van der Waals surface area contributed by atoms with Crippen LogP contribution in [0.25, 0.3) is 0 Å². The lowest BCUT2D eigenvalue weighted by Gasteiger charge is -2.14. The van der Waals surface area contributed by atoms with Gasteiger partial charge in [-0.05, 0) is 12.1 Å². The molecule has 1 aromatic rings. The zero-order chi connectivity index (χ0) is 12.5. The van der Waals surface area contributed by atoms with Crippen LogP contribution in [0, 0.1) is 0 Å². The topological polar surface area (TPSA) is 81.4 Å². The van der Waals surface area contributed by atoms with E-state index in [2.05, 4.69) is 5.32 Å². The van der Waals surface area contributed by atoms with E-state index in [1.54, 1.807) is 31.4 Å². The maximum atomic E-state index is 11.2. The van der Waals surface area contributed by atoms with Gasteiger partial charge in [-0.15, -0.1) is 0 Å². The summed E-state index contributed by atoms with van der Waals surface area (Å²) < 4.78 is 27.5. The molecule has 2 rings (SSSR count). The molecule has 1 unspecified atom stereocenters. The zero-order valence-corrected chi connectivity index (χ0v) is 10.2. The fraction of sp³-hybridized carbons (Fsp3) is 0.273. The maximum Gasteiger partial charge on any atom is 0.173 e. The van der Waals surface area contributed by atoms with Crippen molar-refractivity contribution in [2.24, 2.45) is 0 Å². The van der Waals surface area contributed by atoms with Crippen LogP contribution in [0.3, 0.4) is 0 Å². The first-order valence-corrected chi connectivity index (χ1v) is 6.83. The Kier molecular flexibility index (Phi) is 2.97. The van der Waals surface area contributed by atoms with Gasteiger partial charge in [0.15, 0.2) is 9.84 Å². The molecule has 1 heterocycles. The molecule has 0 bridgehead atoms. The van der Waals surface area contributed by atoms with Crippen molar-refractivity contribution in [2.45, 2.75) is 6.04 Å². The monoisotopic (exact) mass is 254 g/mol. The highest BCUT2D eigenvalue weighted by atomic mass is 32.2.